The third-order valence-electron chi connectivity index (χ3n) is 7.22. The summed E-state index contributed by atoms with van der Waals surface area (Å²) in [6.07, 6.45) is 7.08. The first-order valence-corrected chi connectivity index (χ1v) is 12.0. The van der Waals surface area contributed by atoms with E-state index >= 15 is 0 Å². The Morgan fingerprint density at radius 3 is 2.45 bits per heavy atom. The summed E-state index contributed by atoms with van der Waals surface area (Å²) in [7, 11) is 1.50. The zero-order valence-electron chi connectivity index (χ0n) is 19.1. The maximum Gasteiger partial charge on any atom is 0.332 e. The van der Waals surface area contributed by atoms with Gasteiger partial charge in [0.2, 0.25) is 5.91 Å². The summed E-state index contributed by atoms with van der Waals surface area (Å²) >= 11 is 0. The van der Waals surface area contributed by atoms with E-state index < -0.39 is 0 Å². The number of piperidine rings is 1. The first kappa shape index (κ1) is 21.6. The van der Waals surface area contributed by atoms with E-state index in [2.05, 4.69) is 0 Å². The Bertz CT molecular complexity index is 1290. The molecule has 7 heteroatoms. The minimum atomic E-state index is -0.386. The normalized spacial score (nSPS) is 19.3. The van der Waals surface area contributed by atoms with E-state index in [-0.39, 0.29) is 29.1 Å². The van der Waals surface area contributed by atoms with E-state index in [0.717, 1.165) is 67.3 Å². The summed E-state index contributed by atoms with van der Waals surface area (Å²) < 4.78 is 2.71. The molecule has 1 saturated heterocycles. The molecule has 1 aliphatic heterocycles. The van der Waals surface area contributed by atoms with Crippen LogP contribution >= 0.6 is 0 Å². The molecule has 1 unspecified atom stereocenters. The molecule has 172 valence electrons. The fourth-order valence-corrected chi connectivity index (χ4v) is 5.38. The van der Waals surface area contributed by atoms with Crippen molar-refractivity contribution in [3.8, 4) is 0 Å². The first-order chi connectivity index (χ1) is 16.0. The number of aromatic nitrogens is 3. The van der Waals surface area contributed by atoms with Gasteiger partial charge in [0.15, 0.2) is 0 Å². The van der Waals surface area contributed by atoms with Crippen LogP contribution in [0.25, 0.3) is 11.0 Å². The number of hydrogen-bond acceptors (Lipinski definition) is 4. The van der Waals surface area contributed by atoms with Crippen LogP contribution < -0.4 is 11.2 Å². The van der Waals surface area contributed by atoms with Crippen molar-refractivity contribution in [1.82, 2.24) is 19.0 Å². The molecule has 1 aliphatic carbocycles. The second-order valence-electron chi connectivity index (χ2n) is 9.35. The van der Waals surface area contributed by atoms with Gasteiger partial charge in [-0.25, -0.2) is 9.78 Å². The molecule has 7 nitrogen and oxygen atoms in total. The number of carbonyl (C=O) groups is 1. The quantitative estimate of drug-likeness (QED) is 0.616. The third kappa shape index (κ3) is 4.01. The molecule has 0 spiro atoms. The van der Waals surface area contributed by atoms with Gasteiger partial charge < -0.3 is 4.90 Å². The van der Waals surface area contributed by atoms with Crippen LogP contribution in [-0.4, -0.2) is 31.5 Å². The fraction of sp³-hybridized carbons (Fsp3) is 0.462. The van der Waals surface area contributed by atoms with Crippen molar-refractivity contribution in [2.24, 2.45) is 13.0 Å². The maximum atomic E-state index is 13.3. The van der Waals surface area contributed by atoms with E-state index in [4.69, 9.17) is 4.98 Å². The second kappa shape index (κ2) is 8.96. The lowest BCUT2D eigenvalue weighted by Gasteiger charge is -2.37. The predicted octanol–water partition coefficient (Wildman–Crippen LogP) is 3.39. The molecule has 2 aromatic heterocycles. The highest BCUT2D eigenvalue weighted by molar-refractivity contribution is 5.80. The van der Waals surface area contributed by atoms with Crippen LogP contribution in [0.3, 0.4) is 0 Å². The molecule has 1 atom stereocenters. The largest absolute Gasteiger partial charge is 0.334 e. The van der Waals surface area contributed by atoms with Crippen molar-refractivity contribution in [3.63, 3.8) is 0 Å². The smallest absolute Gasteiger partial charge is 0.332 e. The van der Waals surface area contributed by atoms with Crippen LogP contribution in [0.5, 0.6) is 0 Å². The summed E-state index contributed by atoms with van der Waals surface area (Å²) in [5, 5.41) is 0.418. The molecule has 2 fully saturated rings. The van der Waals surface area contributed by atoms with Gasteiger partial charge in [0.1, 0.15) is 5.65 Å². The van der Waals surface area contributed by atoms with Crippen LogP contribution in [0.4, 0.5) is 0 Å². The molecule has 3 aromatic rings. The molecular weight excluding hydrogens is 416 g/mol. The van der Waals surface area contributed by atoms with Gasteiger partial charge in [0.05, 0.1) is 23.7 Å². The van der Waals surface area contributed by atoms with Crippen molar-refractivity contribution in [1.29, 1.82) is 0 Å². The lowest BCUT2D eigenvalue weighted by Crippen LogP contribution is -2.42. The van der Waals surface area contributed by atoms with Crippen LogP contribution in [0.2, 0.25) is 0 Å². The van der Waals surface area contributed by atoms with E-state index in [1.807, 2.05) is 41.3 Å². The van der Waals surface area contributed by atoms with Crippen LogP contribution in [0.15, 0.2) is 52.1 Å². The molecule has 0 bridgehead atoms. The molecule has 1 aromatic carbocycles. The number of rotatable bonds is 4. The molecule has 3 heterocycles. The van der Waals surface area contributed by atoms with Gasteiger partial charge in [-0.15, -0.1) is 0 Å². The van der Waals surface area contributed by atoms with Crippen LogP contribution in [-0.2, 0) is 18.4 Å². The topological polar surface area (TPSA) is 77.2 Å². The van der Waals surface area contributed by atoms with E-state index in [1.54, 1.807) is 10.6 Å². The monoisotopic (exact) mass is 446 g/mol. The zero-order valence-corrected chi connectivity index (χ0v) is 19.1. The molecule has 2 aliphatic rings. The van der Waals surface area contributed by atoms with E-state index in [1.165, 1.54) is 7.05 Å². The summed E-state index contributed by atoms with van der Waals surface area (Å²) in [6, 6.07) is 13.2. The molecule has 0 N–H and O–H groups in total. The van der Waals surface area contributed by atoms with Gasteiger partial charge in [0.25, 0.3) is 5.56 Å². The number of nitrogens with zero attached hydrogens (tertiary/aromatic N) is 4. The van der Waals surface area contributed by atoms with Crippen molar-refractivity contribution in [3.05, 3.63) is 74.6 Å². The maximum absolute atomic E-state index is 13.3. The van der Waals surface area contributed by atoms with E-state index in [0.29, 0.717) is 17.6 Å². The highest BCUT2D eigenvalue weighted by Crippen LogP contribution is 2.35. The highest BCUT2D eigenvalue weighted by Gasteiger charge is 2.34. The standard InChI is InChI=1S/C26H30N4O3/c1-28-25(32)20-14-15-21(22-13-7-8-16-29(22)24(31)19-11-5-6-12-19)27-23(20)30(26(28)33)17-18-9-3-2-4-10-18/h2-4,9-10,14-15,19,22H,5-8,11-13,16-17H2,1H3. The number of hydrogen-bond donors (Lipinski definition) is 0. The Kier molecular flexibility index (Phi) is 5.87. The van der Waals surface area contributed by atoms with Crippen molar-refractivity contribution in [2.75, 3.05) is 6.54 Å². The minimum absolute atomic E-state index is 0.111. The molecule has 5 rings (SSSR count). The molecule has 1 amide bonds. The Morgan fingerprint density at radius 2 is 1.70 bits per heavy atom. The second-order valence-corrected chi connectivity index (χ2v) is 9.35. The van der Waals surface area contributed by atoms with Crippen molar-refractivity contribution < 1.29 is 4.79 Å². The van der Waals surface area contributed by atoms with Crippen molar-refractivity contribution in [2.45, 2.75) is 57.5 Å². The van der Waals surface area contributed by atoms with Gasteiger partial charge >= 0.3 is 5.69 Å². The lowest BCUT2D eigenvalue weighted by molar-refractivity contribution is -0.139. The van der Waals surface area contributed by atoms with Crippen LogP contribution in [0.1, 0.15) is 62.2 Å². The van der Waals surface area contributed by atoms with E-state index in [9.17, 15) is 14.4 Å². The molecule has 33 heavy (non-hydrogen) atoms. The predicted molar refractivity (Wildman–Crippen MR) is 127 cm³/mol. The Hall–Kier alpha value is -3.22. The molecule has 1 saturated carbocycles. The molecular formula is C26H30N4O3. The number of pyridine rings is 1. The van der Waals surface area contributed by atoms with Gasteiger partial charge in [-0.3, -0.25) is 18.7 Å². The Labute approximate surface area is 192 Å². The summed E-state index contributed by atoms with van der Waals surface area (Å²) in [4.78, 5) is 46.1. The summed E-state index contributed by atoms with van der Waals surface area (Å²) in [6.45, 7) is 1.07. The first-order valence-electron chi connectivity index (χ1n) is 12.0. The Balaban J connectivity index is 1.59. The average molecular weight is 447 g/mol. The zero-order chi connectivity index (χ0) is 22.9. The number of fused-ring (bicyclic) bond motifs is 1. The van der Waals surface area contributed by atoms with Crippen LogP contribution in [0, 0.1) is 5.92 Å². The molecule has 0 radical (unpaired) electrons. The van der Waals surface area contributed by atoms with Gasteiger partial charge in [0, 0.05) is 19.5 Å². The summed E-state index contributed by atoms with van der Waals surface area (Å²) in [5.74, 6) is 0.361. The number of amides is 1. The van der Waals surface area contributed by atoms with Gasteiger partial charge in [-0.2, -0.15) is 0 Å². The Morgan fingerprint density at radius 1 is 0.970 bits per heavy atom. The number of benzene rings is 1. The van der Waals surface area contributed by atoms with Gasteiger partial charge in [-0.1, -0.05) is 43.2 Å². The van der Waals surface area contributed by atoms with Crippen molar-refractivity contribution >= 4 is 16.9 Å². The lowest BCUT2D eigenvalue weighted by atomic mass is 9.95. The third-order valence-corrected chi connectivity index (χ3v) is 7.22. The average Bonchev–Trinajstić information content (AvgIpc) is 3.40. The SMILES string of the molecule is Cn1c(=O)c2ccc(C3CCCCN3C(=O)C3CCCC3)nc2n(Cc2ccccc2)c1=O. The minimum Gasteiger partial charge on any atom is -0.334 e. The fourth-order valence-electron chi connectivity index (χ4n) is 5.38. The summed E-state index contributed by atoms with van der Waals surface area (Å²) in [5.41, 5.74) is 1.39. The highest BCUT2D eigenvalue weighted by atomic mass is 16.2. The number of carbonyl (C=O) groups excluding carboxylic acids is 1. The number of likely N-dealkylation sites (tertiary alicyclic amines) is 1. The van der Waals surface area contributed by atoms with Gasteiger partial charge in [-0.05, 0) is 49.8 Å².